The molecule has 0 saturated carbocycles. The number of anilines is 1. The van der Waals surface area contributed by atoms with Crippen molar-refractivity contribution in [2.45, 2.75) is 24.7 Å². The van der Waals surface area contributed by atoms with Gasteiger partial charge in [0.2, 0.25) is 16.9 Å². The highest BCUT2D eigenvalue weighted by atomic mass is 32.2. The van der Waals surface area contributed by atoms with Gasteiger partial charge in [-0.25, -0.2) is 0 Å². The Kier molecular flexibility index (Phi) is 13.3. The molecule has 2 unspecified atom stereocenters. The van der Waals surface area contributed by atoms with E-state index in [2.05, 4.69) is 20.8 Å². The van der Waals surface area contributed by atoms with Gasteiger partial charge in [-0.3, -0.25) is 35.3 Å². The van der Waals surface area contributed by atoms with Crippen molar-refractivity contribution in [2.24, 2.45) is 0 Å². The van der Waals surface area contributed by atoms with Gasteiger partial charge in [0, 0.05) is 12.8 Å². The minimum atomic E-state index is -1.22. The maximum absolute atomic E-state index is 12.8. The Labute approximate surface area is 260 Å². The first kappa shape index (κ1) is 33.4. The van der Waals surface area contributed by atoms with Crippen molar-refractivity contribution < 1.29 is 28.7 Å². The number of esters is 2. The van der Waals surface area contributed by atoms with E-state index in [0.29, 0.717) is 40.5 Å². The lowest BCUT2D eigenvalue weighted by Gasteiger charge is -2.15. The fraction of sp³-hybridized carbons (Fsp3) is 0.286. The highest BCUT2D eigenvalue weighted by molar-refractivity contribution is 8.26. The molecule has 3 aromatic rings. The molecular formula is C28H30N6O6S3. The zero-order chi connectivity index (χ0) is 31.2. The summed E-state index contributed by atoms with van der Waals surface area (Å²) in [6.07, 6.45) is 0.955. The van der Waals surface area contributed by atoms with Crippen molar-refractivity contribution in [3.8, 4) is 0 Å². The number of methoxy groups -OCH3 is 2. The molecular weight excluding hydrogens is 613 g/mol. The van der Waals surface area contributed by atoms with Crippen molar-refractivity contribution in [3.63, 3.8) is 0 Å². The minimum absolute atomic E-state index is 0.187. The third kappa shape index (κ3) is 10.3. The number of aromatic nitrogens is 2. The van der Waals surface area contributed by atoms with Crippen LogP contribution >= 0.6 is 34.9 Å². The van der Waals surface area contributed by atoms with E-state index in [-0.39, 0.29) is 15.3 Å². The van der Waals surface area contributed by atoms with Crippen LogP contribution < -0.4 is 10.6 Å². The summed E-state index contributed by atoms with van der Waals surface area (Å²) in [5.74, 6) is -3.75. The molecule has 4 N–H and O–H groups in total. The number of rotatable bonds is 13. The van der Waals surface area contributed by atoms with Crippen LogP contribution in [0, 0.1) is 10.8 Å². The Balaban J connectivity index is 1.39. The largest absolute Gasteiger partial charge is 0.468 e. The summed E-state index contributed by atoms with van der Waals surface area (Å²) in [7, 11) is 2.42. The fourth-order valence-corrected chi connectivity index (χ4v) is 6.20. The van der Waals surface area contributed by atoms with Gasteiger partial charge in [-0.15, -0.1) is 10.2 Å². The third-order valence-corrected chi connectivity index (χ3v) is 8.40. The Hall–Kier alpha value is -4.08. The van der Waals surface area contributed by atoms with E-state index >= 15 is 0 Å². The van der Waals surface area contributed by atoms with Crippen LogP contribution in [-0.2, 0) is 35.1 Å². The second-order valence-electron chi connectivity index (χ2n) is 8.68. The Morgan fingerprint density at radius 2 is 1.40 bits per heavy atom. The van der Waals surface area contributed by atoms with Gasteiger partial charge in [0.05, 0.1) is 19.3 Å². The number of hydrogen-bond donors (Lipinski definition) is 4. The van der Waals surface area contributed by atoms with Crippen molar-refractivity contribution in [2.75, 3.05) is 31.0 Å². The van der Waals surface area contributed by atoms with Gasteiger partial charge >= 0.3 is 11.9 Å². The molecule has 2 amide bonds. The van der Waals surface area contributed by atoms with E-state index in [1.165, 1.54) is 25.6 Å². The molecule has 2 aromatic carbocycles. The number of ether oxygens (including phenoxy) is 2. The zero-order valence-electron chi connectivity index (χ0n) is 23.3. The SMILES string of the molecule is COC(=O)C(C(=O)NC(=N)SC(=N)CCSCCc1nnc(NC(=O)C(C(=O)OC)c2ccccc2)s1)c1ccccc1. The number of carbonyl (C=O) groups excluding carboxylic acids is 4. The first-order valence-corrected chi connectivity index (χ1v) is 15.6. The maximum atomic E-state index is 12.8. The van der Waals surface area contributed by atoms with Gasteiger partial charge in [0.1, 0.15) is 5.01 Å². The van der Waals surface area contributed by atoms with Crippen LogP contribution in [-0.4, -0.2) is 69.9 Å². The number of carbonyl (C=O) groups is 4. The lowest BCUT2D eigenvalue weighted by atomic mass is 9.98. The molecule has 0 spiro atoms. The summed E-state index contributed by atoms with van der Waals surface area (Å²) in [6, 6.07) is 17.0. The summed E-state index contributed by atoms with van der Waals surface area (Å²) in [5.41, 5.74) is 0.949. The van der Waals surface area contributed by atoms with Crippen molar-refractivity contribution in [1.82, 2.24) is 15.5 Å². The molecule has 0 aliphatic carbocycles. The van der Waals surface area contributed by atoms with E-state index < -0.39 is 35.6 Å². The number of amidine groups is 1. The van der Waals surface area contributed by atoms with Crippen LogP contribution in [0.4, 0.5) is 5.13 Å². The van der Waals surface area contributed by atoms with Crippen molar-refractivity contribution in [1.29, 1.82) is 10.8 Å². The summed E-state index contributed by atoms with van der Waals surface area (Å²) in [6.45, 7) is 0. The maximum Gasteiger partial charge on any atom is 0.322 e. The summed E-state index contributed by atoms with van der Waals surface area (Å²) < 4.78 is 9.55. The molecule has 0 aliphatic heterocycles. The van der Waals surface area contributed by atoms with Crippen LogP contribution in [0.25, 0.3) is 0 Å². The molecule has 2 atom stereocenters. The van der Waals surface area contributed by atoms with Crippen LogP contribution in [0.5, 0.6) is 0 Å². The molecule has 0 radical (unpaired) electrons. The zero-order valence-corrected chi connectivity index (χ0v) is 25.8. The van der Waals surface area contributed by atoms with E-state index in [9.17, 15) is 19.2 Å². The number of nitrogens with zero attached hydrogens (tertiary/aromatic N) is 2. The number of nitrogens with one attached hydrogen (secondary N) is 4. The van der Waals surface area contributed by atoms with E-state index in [4.69, 9.17) is 20.3 Å². The van der Waals surface area contributed by atoms with Crippen molar-refractivity contribution >= 4 is 74.0 Å². The topological polar surface area (TPSA) is 184 Å². The second kappa shape index (κ2) is 17.1. The summed E-state index contributed by atoms with van der Waals surface area (Å²) in [5, 5.41) is 30.2. The number of thioether (sulfide) groups is 2. The number of hydrogen-bond acceptors (Lipinski definition) is 13. The van der Waals surface area contributed by atoms with Crippen LogP contribution in [0.15, 0.2) is 60.7 Å². The monoisotopic (exact) mass is 642 g/mol. The third-order valence-electron chi connectivity index (χ3n) is 5.76. The average molecular weight is 643 g/mol. The lowest BCUT2D eigenvalue weighted by Crippen LogP contribution is -2.37. The summed E-state index contributed by atoms with van der Waals surface area (Å²) >= 11 is 3.59. The van der Waals surface area contributed by atoms with Gasteiger partial charge in [0.15, 0.2) is 17.0 Å². The molecule has 43 heavy (non-hydrogen) atoms. The normalized spacial score (nSPS) is 12.0. The highest BCUT2D eigenvalue weighted by Crippen LogP contribution is 2.23. The molecule has 0 bridgehead atoms. The van der Waals surface area contributed by atoms with Gasteiger partial charge in [-0.05, 0) is 34.4 Å². The molecule has 1 heterocycles. The quantitative estimate of drug-likeness (QED) is 0.0703. The van der Waals surface area contributed by atoms with E-state index in [0.717, 1.165) is 11.8 Å². The number of aryl methyl sites for hydroxylation is 1. The van der Waals surface area contributed by atoms with Crippen LogP contribution in [0.1, 0.15) is 34.4 Å². The van der Waals surface area contributed by atoms with Gasteiger partial charge in [0.25, 0.3) is 0 Å². The predicted molar refractivity (Wildman–Crippen MR) is 168 cm³/mol. The first-order chi connectivity index (χ1) is 20.7. The molecule has 226 valence electrons. The lowest BCUT2D eigenvalue weighted by molar-refractivity contribution is -0.147. The van der Waals surface area contributed by atoms with Crippen molar-refractivity contribution in [3.05, 3.63) is 76.8 Å². The molecule has 12 nitrogen and oxygen atoms in total. The number of benzene rings is 2. The molecule has 0 saturated heterocycles. The second-order valence-corrected chi connectivity index (χ2v) is 12.1. The van der Waals surface area contributed by atoms with Crippen LogP contribution in [0.2, 0.25) is 0 Å². The predicted octanol–water partition coefficient (Wildman–Crippen LogP) is 3.82. The van der Waals surface area contributed by atoms with Gasteiger partial charge in [-0.1, -0.05) is 72.0 Å². The average Bonchev–Trinajstić information content (AvgIpc) is 3.44. The molecule has 0 aliphatic rings. The minimum Gasteiger partial charge on any atom is -0.468 e. The number of amides is 2. The smallest absolute Gasteiger partial charge is 0.322 e. The van der Waals surface area contributed by atoms with Gasteiger partial charge in [-0.2, -0.15) is 11.8 Å². The van der Waals surface area contributed by atoms with Crippen LogP contribution in [0.3, 0.4) is 0 Å². The van der Waals surface area contributed by atoms with E-state index in [1.807, 2.05) is 0 Å². The Bertz CT molecular complexity index is 1440. The standard InChI is InChI=1S/C28H30N6O6S3/c1-39-25(37)21(17-9-5-3-6-10-17)23(35)31-27(30)42-19(29)13-15-41-16-14-20-33-34-28(43-20)32-24(36)22(26(38)40-2)18-11-7-4-8-12-18/h3-12,21-22,29H,13-16H2,1-2H3,(H2,30,31,35)(H,32,34,36). The molecule has 15 heteroatoms. The molecule has 0 fully saturated rings. The fourth-order valence-electron chi connectivity index (χ4n) is 3.71. The van der Waals surface area contributed by atoms with E-state index in [1.54, 1.807) is 72.4 Å². The van der Waals surface area contributed by atoms with Gasteiger partial charge < -0.3 is 14.8 Å². The summed E-state index contributed by atoms with van der Waals surface area (Å²) in [4.78, 5) is 49.9. The first-order valence-electron chi connectivity index (χ1n) is 12.8. The molecule has 1 aromatic heterocycles. The Morgan fingerprint density at radius 1 is 0.837 bits per heavy atom. The molecule has 3 rings (SSSR count). The Morgan fingerprint density at radius 3 is 1.95 bits per heavy atom. The highest BCUT2D eigenvalue weighted by Gasteiger charge is 2.31.